The van der Waals surface area contributed by atoms with Crippen molar-refractivity contribution in [1.29, 1.82) is 0 Å². The molecule has 3 rings (SSSR count). The molecule has 2 aliphatic heterocycles. The average molecular weight is 300 g/mol. The molecule has 0 unspecified atom stereocenters. The zero-order valence-corrected chi connectivity index (χ0v) is 12.3. The number of carbonyl (C=O) groups is 1. The van der Waals surface area contributed by atoms with Crippen molar-refractivity contribution in [3.8, 4) is 0 Å². The number of sulfonamides is 1. The van der Waals surface area contributed by atoms with E-state index in [0.29, 0.717) is 30.4 Å². The molecule has 2 aliphatic rings. The topological polar surface area (TPSA) is 57.7 Å². The number of rotatable bonds is 3. The summed E-state index contributed by atoms with van der Waals surface area (Å²) in [5, 5.41) is 1.76. The Kier molecular flexibility index (Phi) is 3.15. The van der Waals surface area contributed by atoms with Gasteiger partial charge in [-0.15, -0.1) is 11.3 Å². The highest BCUT2D eigenvalue weighted by Gasteiger charge is 2.48. The maximum Gasteiger partial charge on any atom is 0.252 e. The number of nitrogens with zero attached hydrogens (tertiary/aromatic N) is 2. The Morgan fingerprint density at radius 1 is 1.37 bits per heavy atom. The lowest BCUT2D eigenvalue weighted by Crippen LogP contribution is -2.35. The van der Waals surface area contributed by atoms with E-state index < -0.39 is 10.0 Å². The SMILES string of the molecule is CCN1C[C@@H]2CN(S(=O)(=O)c3cccs3)C[C@H]2C1=O. The van der Waals surface area contributed by atoms with Crippen molar-refractivity contribution >= 4 is 27.3 Å². The molecule has 104 valence electrons. The van der Waals surface area contributed by atoms with Gasteiger partial charge in [0.05, 0.1) is 5.92 Å². The Morgan fingerprint density at radius 2 is 2.16 bits per heavy atom. The third-order valence-corrected chi connectivity index (χ3v) is 7.17. The third-order valence-electron chi connectivity index (χ3n) is 3.96. The van der Waals surface area contributed by atoms with E-state index in [1.54, 1.807) is 17.5 Å². The van der Waals surface area contributed by atoms with Gasteiger partial charge in [0.2, 0.25) is 5.91 Å². The number of likely N-dealkylation sites (tertiary alicyclic amines) is 1. The van der Waals surface area contributed by atoms with Gasteiger partial charge in [-0.3, -0.25) is 4.79 Å². The Labute approximate surface area is 116 Å². The quantitative estimate of drug-likeness (QED) is 0.831. The molecule has 0 radical (unpaired) electrons. The highest BCUT2D eigenvalue weighted by molar-refractivity contribution is 7.91. The molecule has 0 saturated carbocycles. The predicted molar refractivity (Wildman–Crippen MR) is 72.3 cm³/mol. The molecule has 2 saturated heterocycles. The van der Waals surface area contributed by atoms with E-state index in [9.17, 15) is 13.2 Å². The van der Waals surface area contributed by atoms with Gasteiger partial charge >= 0.3 is 0 Å². The highest BCUT2D eigenvalue weighted by Crippen LogP contribution is 2.35. The minimum Gasteiger partial charge on any atom is -0.342 e. The van der Waals surface area contributed by atoms with E-state index in [0.717, 1.165) is 0 Å². The highest BCUT2D eigenvalue weighted by atomic mass is 32.2. The largest absolute Gasteiger partial charge is 0.342 e. The van der Waals surface area contributed by atoms with Crippen molar-refractivity contribution in [3.63, 3.8) is 0 Å². The van der Waals surface area contributed by atoms with Crippen LogP contribution in [0.4, 0.5) is 0 Å². The van der Waals surface area contributed by atoms with Crippen LogP contribution in [0.25, 0.3) is 0 Å². The van der Waals surface area contributed by atoms with Gasteiger partial charge in [0.15, 0.2) is 0 Å². The van der Waals surface area contributed by atoms with Crippen molar-refractivity contribution in [3.05, 3.63) is 17.5 Å². The number of amides is 1. The Hall–Kier alpha value is -0.920. The van der Waals surface area contributed by atoms with Gasteiger partial charge < -0.3 is 4.90 Å². The molecule has 5 nitrogen and oxygen atoms in total. The third kappa shape index (κ3) is 2.00. The van der Waals surface area contributed by atoms with Crippen molar-refractivity contribution in [2.24, 2.45) is 11.8 Å². The molecule has 0 N–H and O–H groups in total. The van der Waals surface area contributed by atoms with Crippen molar-refractivity contribution < 1.29 is 13.2 Å². The van der Waals surface area contributed by atoms with E-state index in [2.05, 4.69) is 0 Å². The summed E-state index contributed by atoms with van der Waals surface area (Å²) >= 11 is 1.23. The molecule has 19 heavy (non-hydrogen) atoms. The molecular weight excluding hydrogens is 284 g/mol. The fraction of sp³-hybridized carbons (Fsp3) is 0.583. The van der Waals surface area contributed by atoms with E-state index in [1.807, 2.05) is 11.8 Å². The van der Waals surface area contributed by atoms with Crippen molar-refractivity contribution in [2.75, 3.05) is 26.2 Å². The molecule has 1 aromatic rings. The molecule has 0 bridgehead atoms. The van der Waals surface area contributed by atoms with Gasteiger partial charge in [0, 0.05) is 32.1 Å². The van der Waals surface area contributed by atoms with Gasteiger partial charge in [0.1, 0.15) is 4.21 Å². The first-order chi connectivity index (χ1) is 9.04. The molecule has 0 spiro atoms. The zero-order chi connectivity index (χ0) is 13.6. The second kappa shape index (κ2) is 4.57. The monoisotopic (exact) mass is 300 g/mol. The summed E-state index contributed by atoms with van der Waals surface area (Å²) in [7, 11) is -3.40. The van der Waals surface area contributed by atoms with Gasteiger partial charge in [-0.2, -0.15) is 4.31 Å². The summed E-state index contributed by atoms with van der Waals surface area (Å²) in [6.45, 7) is 4.16. The van der Waals surface area contributed by atoms with Crippen LogP contribution in [0.5, 0.6) is 0 Å². The molecule has 3 heterocycles. The second-order valence-electron chi connectivity index (χ2n) is 5.00. The van der Waals surface area contributed by atoms with Gasteiger partial charge in [0.25, 0.3) is 10.0 Å². The summed E-state index contributed by atoms with van der Waals surface area (Å²) in [6.07, 6.45) is 0. The number of fused-ring (bicyclic) bond motifs is 1. The van der Waals surface area contributed by atoms with E-state index in [4.69, 9.17) is 0 Å². The van der Waals surface area contributed by atoms with Crippen LogP contribution in [0, 0.1) is 11.8 Å². The molecule has 0 aromatic carbocycles. The summed E-state index contributed by atoms with van der Waals surface area (Å²) in [6, 6.07) is 3.35. The molecule has 1 aromatic heterocycles. The van der Waals surface area contributed by atoms with Crippen LogP contribution in [0.15, 0.2) is 21.7 Å². The minimum atomic E-state index is -3.40. The maximum atomic E-state index is 12.4. The normalized spacial score (nSPS) is 28.1. The van der Waals surface area contributed by atoms with Crippen LogP contribution >= 0.6 is 11.3 Å². The first-order valence-electron chi connectivity index (χ1n) is 6.36. The minimum absolute atomic E-state index is 0.108. The summed E-state index contributed by atoms with van der Waals surface area (Å²) in [5.41, 5.74) is 0. The second-order valence-corrected chi connectivity index (χ2v) is 8.11. The number of thiophene rings is 1. The number of carbonyl (C=O) groups excluding carboxylic acids is 1. The first-order valence-corrected chi connectivity index (χ1v) is 8.68. The molecule has 2 fully saturated rings. The summed E-state index contributed by atoms with van der Waals surface area (Å²) in [5.74, 6) is 0.119. The smallest absolute Gasteiger partial charge is 0.252 e. The first kappa shape index (κ1) is 13.1. The Bertz CT molecular complexity index is 582. The molecule has 7 heteroatoms. The lowest BCUT2D eigenvalue weighted by molar-refractivity contribution is -0.130. The average Bonchev–Trinajstić information content (AvgIpc) is 3.06. The van der Waals surface area contributed by atoms with E-state index in [1.165, 1.54) is 15.6 Å². The molecular formula is C12H16N2O3S2. The van der Waals surface area contributed by atoms with Gasteiger partial charge in [-0.25, -0.2) is 8.42 Å². The Morgan fingerprint density at radius 3 is 2.74 bits per heavy atom. The molecule has 1 amide bonds. The van der Waals surface area contributed by atoms with Crippen LogP contribution in [-0.4, -0.2) is 49.7 Å². The standard InChI is InChI=1S/C12H16N2O3S2/c1-2-13-6-9-7-14(8-10(9)12(13)15)19(16,17)11-4-3-5-18-11/h3-5,9-10H,2,6-8H2,1H3/t9-,10-/m1/s1. The molecule has 0 aliphatic carbocycles. The summed E-state index contributed by atoms with van der Waals surface area (Å²) in [4.78, 5) is 13.9. The maximum absolute atomic E-state index is 12.4. The fourth-order valence-corrected chi connectivity index (χ4v) is 5.59. The lowest BCUT2D eigenvalue weighted by atomic mass is 10.0. The predicted octanol–water partition coefficient (Wildman–Crippen LogP) is 0.847. The zero-order valence-electron chi connectivity index (χ0n) is 10.7. The van der Waals surface area contributed by atoms with Gasteiger partial charge in [-0.05, 0) is 18.4 Å². The lowest BCUT2D eigenvalue weighted by Gasteiger charge is -2.19. The molecule has 2 atom stereocenters. The van der Waals surface area contributed by atoms with Crippen molar-refractivity contribution in [1.82, 2.24) is 9.21 Å². The van der Waals surface area contributed by atoms with Gasteiger partial charge in [-0.1, -0.05) is 6.07 Å². The van der Waals surface area contributed by atoms with Crippen LogP contribution in [0.1, 0.15) is 6.92 Å². The van der Waals surface area contributed by atoms with Crippen LogP contribution in [0.2, 0.25) is 0 Å². The Balaban J connectivity index is 1.80. The van der Waals surface area contributed by atoms with Crippen molar-refractivity contribution in [2.45, 2.75) is 11.1 Å². The fourth-order valence-electron chi connectivity index (χ4n) is 2.92. The number of hydrogen-bond donors (Lipinski definition) is 0. The van der Waals surface area contributed by atoms with E-state index in [-0.39, 0.29) is 17.7 Å². The van der Waals surface area contributed by atoms with Crippen LogP contribution < -0.4 is 0 Å². The number of hydrogen-bond acceptors (Lipinski definition) is 4. The van der Waals surface area contributed by atoms with E-state index >= 15 is 0 Å². The summed E-state index contributed by atoms with van der Waals surface area (Å²) < 4.78 is 26.6. The van der Waals surface area contributed by atoms with Crippen LogP contribution in [-0.2, 0) is 14.8 Å². The van der Waals surface area contributed by atoms with Crippen LogP contribution in [0.3, 0.4) is 0 Å².